The molecule has 0 saturated carbocycles. The van der Waals surface area contributed by atoms with E-state index >= 15 is 0 Å². The van der Waals surface area contributed by atoms with Gasteiger partial charge in [-0.2, -0.15) is 0 Å². The van der Waals surface area contributed by atoms with Crippen molar-refractivity contribution in [2.75, 3.05) is 25.0 Å². The lowest BCUT2D eigenvalue weighted by atomic mass is 10.0. The third kappa shape index (κ3) is 10.6. The number of oxime groups is 1. The Balaban J connectivity index is 1.06. The van der Waals surface area contributed by atoms with Crippen molar-refractivity contribution < 1.29 is 47.8 Å². The highest BCUT2D eigenvalue weighted by Crippen LogP contribution is 2.51. The van der Waals surface area contributed by atoms with Crippen molar-refractivity contribution in [2.45, 2.75) is 74.3 Å². The normalized spacial score (nSPS) is 19.5. The Morgan fingerprint density at radius 2 is 1.36 bits per heavy atom. The summed E-state index contributed by atoms with van der Waals surface area (Å²) >= 11 is 1.95. The van der Waals surface area contributed by atoms with E-state index in [2.05, 4.69) is 20.8 Å². The van der Waals surface area contributed by atoms with Gasteiger partial charge in [0.15, 0.2) is 23.1 Å². The first-order valence-electron chi connectivity index (χ1n) is 22.1. The lowest BCUT2D eigenvalue weighted by molar-refractivity contribution is -0.161. The second kappa shape index (κ2) is 20.5. The van der Waals surface area contributed by atoms with Crippen LogP contribution < -0.4 is 16.5 Å². The van der Waals surface area contributed by atoms with Crippen LogP contribution in [0.25, 0.3) is 0 Å². The van der Waals surface area contributed by atoms with Gasteiger partial charge in [-0.3, -0.25) is 24.8 Å². The van der Waals surface area contributed by atoms with E-state index in [0.29, 0.717) is 22.3 Å². The Kier molecular flexibility index (Phi) is 14.3. The van der Waals surface area contributed by atoms with Gasteiger partial charge >= 0.3 is 24.1 Å². The number of nitrogens with one attached hydrogen (secondary N) is 2. The van der Waals surface area contributed by atoms with Gasteiger partial charge in [0.1, 0.15) is 22.7 Å². The van der Waals surface area contributed by atoms with Crippen molar-refractivity contribution in [1.29, 1.82) is 0 Å². The van der Waals surface area contributed by atoms with Crippen LogP contribution in [0, 0.1) is 0 Å². The van der Waals surface area contributed by atoms with E-state index < -0.39 is 81.8 Å². The summed E-state index contributed by atoms with van der Waals surface area (Å²) in [5.74, 6) is 2.99. The van der Waals surface area contributed by atoms with Crippen molar-refractivity contribution in [3.05, 3.63) is 155 Å². The van der Waals surface area contributed by atoms with Crippen LogP contribution in [0.5, 0.6) is 0 Å². The van der Waals surface area contributed by atoms with E-state index in [1.807, 2.05) is 121 Å². The number of thiazole rings is 1. The maximum Gasteiger partial charge on any atom is 0.413 e. The molecular formula is C49H50N8O10S2. The van der Waals surface area contributed by atoms with Crippen LogP contribution in [-0.2, 0) is 38.2 Å². The number of aromatic nitrogens is 1. The number of urea groups is 1. The molecule has 0 unspecified atom stereocenters. The predicted molar refractivity (Wildman–Crippen MR) is 256 cm³/mol. The lowest BCUT2D eigenvalue weighted by Crippen LogP contribution is -2.68. The van der Waals surface area contributed by atoms with E-state index in [0.717, 1.165) is 28.1 Å². The Labute approximate surface area is 406 Å². The molecule has 5 amide bonds. The summed E-state index contributed by atoms with van der Waals surface area (Å²) in [4.78, 5) is 94.6. The van der Waals surface area contributed by atoms with Crippen LogP contribution in [0.15, 0.2) is 132 Å². The smallest absolute Gasteiger partial charge is 0.413 e. The minimum Gasteiger partial charge on any atom is -0.450 e. The van der Waals surface area contributed by atoms with E-state index in [1.54, 1.807) is 27.7 Å². The van der Waals surface area contributed by atoms with Gasteiger partial charge in [-0.05, 0) is 49.4 Å². The summed E-state index contributed by atoms with van der Waals surface area (Å²) in [7, 11) is 0. The van der Waals surface area contributed by atoms with Gasteiger partial charge in [0.05, 0.1) is 13.1 Å². The van der Waals surface area contributed by atoms with Crippen LogP contribution in [0.1, 0.15) is 74.3 Å². The lowest BCUT2D eigenvalue weighted by Gasteiger charge is -2.41. The van der Waals surface area contributed by atoms with Crippen LogP contribution in [-0.4, -0.2) is 109 Å². The van der Waals surface area contributed by atoms with E-state index in [4.69, 9.17) is 24.9 Å². The van der Waals surface area contributed by atoms with Crippen molar-refractivity contribution in [3.63, 3.8) is 0 Å². The first kappa shape index (κ1) is 48.2. The van der Waals surface area contributed by atoms with E-state index in [1.165, 1.54) is 15.2 Å². The number of hydrogen-bond acceptors (Lipinski definition) is 15. The molecule has 3 fully saturated rings. The number of rotatable bonds is 16. The molecule has 18 nitrogen and oxygen atoms in total. The molecule has 20 heteroatoms. The maximum absolute atomic E-state index is 14.8. The number of nitrogens with zero attached hydrogens (tertiary/aromatic N) is 5. The summed E-state index contributed by atoms with van der Waals surface area (Å²) in [6.07, 6.45) is -3.70. The molecule has 5 aromatic rings. The zero-order valence-corrected chi connectivity index (χ0v) is 39.7. The van der Waals surface area contributed by atoms with Crippen LogP contribution in [0.3, 0.4) is 0 Å². The summed E-state index contributed by atoms with van der Waals surface area (Å²) in [5, 5.41) is 11.0. The number of carbonyl (C=O) groups excluding carboxylic acids is 6. The monoisotopic (exact) mass is 974 g/mol. The van der Waals surface area contributed by atoms with Crippen molar-refractivity contribution >= 4 is 69.8 Å². The Morgan fingerprint density at radius 1 is 0.826 bits per heavy atom. The van der Waals surface area contributed by atoms with Crippen LogP contribution in [0.2, 0.25) is 0 Å². The molecule has 0 radical (unpaired) electrons. The first-order valence-corrected chi connectivity index (χ1v) is 23.9. The maximum atomic E-state index is 14.8. The summed E-state index contributed by atoms with van der Waals surface area (Å²) in [6.45, 7) is 6.68. The molecule has 4 N–H and O–H groups in total. The van der Waals surface area contributed by atoms with Gasteiger partial charge in [-0.15, -0.1) is 11.3 Å². The van der Waals surface area contributed by atoms with Gasteiger partial charge in [0.25, 0.3) is 5.91 Å². The molecule has 0 bridgehead atoms. The van der Waals surface area contributed by atoms with Crippen LogP contribution in [0.4, 0.5) is 14.7 Å². The molecule has 0 aliphatic carbocycles. The number of amides is 5. The second-order valence-corrected chi connectivity index (χ2v) is 19.4. The predicted octanol–water partition coefficient (Wildman–Crippen LogP) is 6.36. The standard InChI is InChI=1S/C49H50N8O10S2/c1-5-35(43(60)64-38(30-18-10-6-11-19-30)31-20-12-7-13-21-31)67-54-36(34-28-68-45(51-34)53-46(62)66-48(2,3)4)40(58)52-37-41(59)55-29-49(69-42(37)55,56-26-27-57(50)47(56)63)44(61)65-39(32-22-14-8-15-23-32)33-24-16-9-17-25-33/h6-25,28,35,37-39,42H,5,26-27,29,50H2,1-4H3,(H,52,58)(H,51,53,62)/b54-36-/t35-,37+,42+,49+/m0/s1. The van der Waals surface area contributed by atoms with Crippen molar-refractivity contribution in [2.24, 2.45) is 11.0 Å². The van der Waals surface area contributed by atoms with Gasteiger partial charge < -0.3 is 29.3 Å². The highest BCUT2D eigenvalue weighted by Gasteiger charge is 2.67. The molecule has 3 aliphatic heterocycles. The highest BCUT2D eigenvalue weighted by molar-refractivity contribution is 8.02. The third-order valence-corrected chi connectivity index (χ3v) is 13.7. The zero-order valence-electron chi connectivity index (χ0n) is 38.1. The Hall–Kier alpha value is -7.29. The molecule has 8 rings (SSSR count). The number of hydrogen-bond donors (Lipinski definition) is 3. The zero-order chi connectivity index (χ0) is 48.9. The largest absolute Gasteiger partial charge is 0.450 e. The van der Waals surface area contributed by atoms with Gasteiger partial charge in [-0.1, -0.05) is 145 Å². The highest BCUT2D eigenvalue weighted by atomic mass is 32.2. The summed E-state index contributed by atoms with van der Waals surface area (Å²) in [6, 6.07) is 34.7. The molecule has 3 saturated heterocycles. The Bertz CT molecular complexity index is 2630. The number of carbonyl (C=O) groups is 6. The van der Waals surface area contributed by atoms with Crippen molar-refractivity contribution in [1.82, 2.24) is 25.1 Å². The van der Waals surface area contributed by atoms with Crippen molar-refractivity contribution in [3.8, 4) is 0 Å². The minimum atomic E-state index is -1.77. The molecule has 1 aromatic heterocycles. The summed E-state index contributed by atoms with van der Waals surface area (Å²) < 4.78 is 17.7. The number of hydrazine groups is 1. The number of benzene rings is 4. The first-order chi connectivity index (χ1) is 33.2. The number of ether oxygens (including phenoxy) is 3. The molecule has 69 heavy (non-hydrogen) atoms. The number of anilines is 1. The number of esters is 2. The van der Waals surface area contributed by atoms with E-state index in [-0.39, 0.29) is 36.9 Å². The Morgan fingerprint density at radius 3 is 1.86 bits per heavy atom. The average Bonchev–Trinajstić information content (AvgIpc) is 4.06. The second-order valence-electron chi connectivity index (χ2n) is 17.2. The fourth-order valence-electron chi connectivity index (χ4n) is 7.89. The molecule has 4 aromatic carbocycles. The fourth-order valence-corrected chi connectivity index (χ4v) is 10.3. The quantitative estimate of drug-likeness (QED) is 0.0186. The number of β-lactam (4-membered cyclic amide) rings is 1. The molecular weight excluding hydrogens is 925 g/mol. The van der Waals surface area contributed by atoms with Gasteiger partial charge in [-0.25, -0.2) is 30.0 Å². The minimum absolute atomic E-state index is 0.0499. The van der Waals surface area contributed by atoms with Gasteiger partial charge in [0.2, 0.25) is 16.9 Å². The SMILES string of the molecule is CC[C@H](O/N=C(\C(=O)N[C@@H]1C(=O)N2C[C@@](C(=O)OC(c3ccccc3)c3ccccc3)(N3CCN(N)C3=O)S[C@H]12)c1csc(NC(=O)OC(C)(C)C)n1)C(=O)OC(c1ccccc1)c1ccccc1. The number of thioether (sulfide) groups is 1. The van der Waals surface area contributed by atoms with Crippen LogP contribution >= 0.6 is 23.1 Å². The third-order valence-electron chi connectivity index (χ3n) is 11.3. The average molecular weight is 975 g/mol. The molecule has 4 atom stereocenters. The molecule has 3 aliphatic rings. The number of nitrogens with two attached hydrogens (primary N) is 1. The van der Waals surface area contributed by atoms with Gasteiger partial charge in [0, 0.05) is 11.9 Å². The molecule has 0 spiro atoms. The number of fused-ring (bicyclic) bond motifs is 1. The topological polar surface area (TPSA) is 224 Å². The van der Waals surface area contributed by atoms with E-state index in [9.17, 15) is 28.8 Å². The molecule has 358 valence electrons. The summed E-state index contributed by atoms with van der Waals surface area (Å²) in [5.41, 5.74) is 1.45. The fraction of sp³-hybridized carbons (Fsp3) is 0.306. The molecule has 4 heterocycles.